The molecule has 0 aliphatic carbocycles. The maximum atomic E-state index is 10.9. The van der Waals surface area contributed by atoms with Crippen molar-refractivity contribution >= 4 is 11.5 Å². The van der Waals surface area contributed by atoms with Gasteiger partial charge in [-0.25, -0.2) is 9.78 Å². The van der Waals surface area contributed by atoms with Gasteiger partial charge in [-0.2, -0.15) is 0 Å². The summed E-state index contributed by atoms with van der Waals surface area (Å²) in [5.41, 5.74) is 1.75. The highest BCUT2D eigenvalue weighted by atomic mass is 16.1. The molecular formula is C11H11N3O. The van der Waals surface area contributed by atoms with E-state index in [1.807, 2.05) is 31.2 Å². The molecule has 0 aliphatic heterocycles. The molecule has 0 amide bonds. The van der Waals surface area contributed by atoms with Gasteiger partial charge >= 0.3 is 5.69 Å². The van der Waals surface area contributed by atoms with Crippen LogP contribution in [0.5, 0.6) is 0 Å². The average molecular weight is 201 g/mol. The topological polar surface area (TPSA) is 57.8 Å². The van der Waals surface area contributed by atoms with Crippen LogP contribution in [0.2, 0.25) is 0 Å². The lowest BCUT2D eigenvalue weighted by Crippen LogP contribution is -2.10. The SMILES string of the molecule is Cc1cccc(Nc2ccnc(=O)[nH]2)c1. The van der Waals surface area contributed by atoms with Crippen molar-refractivity contribution in [3.63, 3.8) is 0 Å². The van der Waals surface area contributed by atoms with Crippen molar-refractivity contribution in [2.75, 3.05) is 5.32 Å². The van der Waals surface area contributed by atoms with Crippen molar-refractivity contribution < 1.29 is 0 Å². The largest absolute Gasteiger partial charge is 0.346 e. The molecule has 15 heavy (non-hydrogen) atoms. The minimum atomic E-state index is -0.354. The van der Waals surface area contributed by atoms with Gasteiger partial charge in [0.05, 0.1) is 0 Å². The molecule has 1 heterocycles. The van der Waals surface area contributed by atoms with E-state index >= 15 is 0 Å². The number of nitrogens with one attached hydrogen (secondary N) is 2. The minimum Gasteiger partial charge on any atom is -0.342 e. The van der Waals surface area contributed by atoms with Crippen molar-refractivity contribution in [3.8, 4) is 0 Å². The summed E-state index contributed by atoms with van der Waals surface area (Å²) < 4.78 is 0. The van der Waals surface area contributed by atoms with E-state index in [1.165, 1.54) is 6.20 Å². The Balaban J connectivity index is 2.26. The molecular weight excluding hydrogens is 190 g/mol. The van der Waals surface area contributed by atoms with E-state index in [9.17, 15) is 4.79 Å². The standard InChI is InChI=1S/C11H11N3O/c1-8-3-2-4-9(7-8)13-10-5-6-12-11(15)14-10/h2-7H,1H3,(H2,12,13,14,15). The van der Waals surface area contributed by atoms with Gasteiger partial charge in [0.25, 0.3) is 0 Å². The van der Waals surface area contributed by atoms with Crippen LogP contribution < -0.4 is 11.0 Å². The van der Waals surface area contributed by atoms with E-state index in [-0.39, 0.29) is 5.69 Å². The van der Waals surface area contributed by atoms with Crippen LogP contribution in [-0.4, -0.2) is 9.97 Å². The highest BCUT2D eigenvalue weighted by Gasteiger charge is 1.95. The molecule has 1 aromatic carbocycles. The molecule has 0 aliphatic rings. The third kappa shape index (κ3) is 2.43. The Kier molecular flexibility index (Phi) is 2.49. The molecule has 2 rings (SSSR count). The number of anilines is 2. The van der Waals surface area contributed by atoms with Crippen LogP contribution in [0, 0.1) is 6.92 Å². The lowest BCUT2D eigenvalue weighted by Gasteiger charge is -2.05. The highest BCUT2D eigenvalue weighted by Crippen LogP contribution is 2.13. The zero-order chi connectivity index (χ0) is 10.7. The van der Waals surface area contributed by atoms with Crippen molar-refractivity contribution in [1.82, 2.24) is 9.97 Å². The van der Waals surface area contributed by atoms with Crippen LogP contribution >= 0.6 is 0 Å². The monoisotopic (exact) mass is 201 g/mol. The maximum absolute atomic E-state index is 10.9. The van der Waals surface area contributed by atoms with Crippen LogP contribution in [0.15, 0.2) is 41.3 Å². The summed E-state index contributed by atoms with van der Waals surface area (Å²) in [6, 6.07) is 9.62. The number of hydrogen-bond donors (Lipinski definition) is 2. The van der Waals surface area contributed by atoms with Crippen molar-refractivity contribution in [1.29, 1.82) is 0 Å². The molecule has 0 bridgehead atoms. The van der Waals surface area contributed by atoms with Gasteiger partial charge in [0.15, 0.2) is 0 Å². The van der Waals surface area contributed by atoms with Crippen LogP contribution in [0.4, 0.5) is 11.5 Å². The maximum Gasteiger partial charge on any atom is 0.346 e. The number of aryl methyl sites for hydroxylation is 1. The van der Waals surface area contributed by atoms with E-state index < -0.39 is 0 Å². The summed E-state index contributed by atoms with van der Waals surface area (Å²) in [6.45, 7) is 2.01. The molecule has 0 saturated carbocycles. The summed E-state index contributed by atoms with van der Waals surface area (Å²) in [6.07, 6.45) is 1.47. The van der Waals surface area contributed by atoms with Gasteiger partial charge in [-0.05, 0) is 30.7 Å². The molecule has 76 valence electrons. The quantitative estimate of drug-likeness (QED) is 0.779. The summed E-state index contributed by atoms with van der Waals surface area (Å²) >= 11 is 0. The highest BCUT2D eigenvalue weighted by molar-refractivity contribution is 5.56. The normalized spacial score (nSPS) is 9.93. The third-order valence-electron chi connectivity index (χ3n) is 1.97. The molecule has 0 spiro atoms. The van der Waals surface area contributed by atoms with E-state index in [0.717, 1.165) is 11.3 Å². The van der Waals surface area contributed by atoms with Gasteiger partial charge in [0, 0.05) is 11.9 Å². The molecule has 4 nitrogen and oxygen atoms in total. The molecule has 4 heteroatoms. The number of aromatic amines is 1. The van der Waals surface area contributed by atoms with Gasteiger partial charge in [-0.15, -0.1) is 0 Å². The predicted octanol–water partition coefficient (Wildman–Crippen LogP) is 1.82. The molecule has 1 aromatic heterocycles. The molecule has 0 fully saturated rings. The number of rotatable bonds is 2. The first kappa shape index (κ1) is 9.45. The van der Waals surface area contributed by atoms with Crippen molar-refractivity contribution in [2.24, 2.45) is 0 Å². The first-order chi connectivity index (χ1) is 7.24. The van der Waals surface area contributed by atoms with Gasteiger partial charge < -0.3 is 5.32 Å². The van der Waals surface area contributed by atoms with E-state index in [4.69, 9.17) is 0 Å². The zero-order valence-electron chi connectivity index (χ0n) is 8.32. The Labute approximate surface area is 87.0 Å². The Hall–Kier alpha value is -2.10. The zero-order valence-corrected chi connectivity index (χ0v) is 8.32. The number of nitrogens with zero attached hydrogens (tertiary/aromatic N) is 1. The van der Waals surface area contributed by atoms with Crippen molar-refractivity contribution in [3.05, 3.63) is 52.6 Å². The lowest BCUT2D eigenvalue weighted by molar-refractivity contribution is 1.08. The van der Waals surface area contributed by atoms with Gasteiger partial charge in [-0.1, -0.05) is 12.1 Å². The Morgan fingerprint density at radius 2 is 2.20 bits per heavy atom. The average Bonchev–Trinajstić information content (AvgIpc) is 2.17. The summed E-state index contributed by atoms with van der Waals surface area (Å²) in [4.78, 5) is 17.1. The lowest BCUT2D eigenvalue weighted by atomic mass is 10.2. The molecule has 0 unspecified atom stereocenters. The van der Waals surface area contributed by atoms with E-state index in [0.29, 0.717) is 5.82 Å². The third-order valence-corrected chi connectivity index (χ3v) is 1.97. The molecule has 0 saturated heterocycles. The summed E-state index contributed by atoms with van der Waals surface area (Å²) in [7, 11) is 0. The van der Waals surface area contributed by atoms with E-state index in [1.54, 1.807) is 6.07 Å². The van der Waals surface area contributed by atoms with Crippen LogP contribution in [0.1, 0.15) is 5.56 Å². The Bertz CT molecular complexity index is 519. The second-order valence-corrected chi connectivity index (χ2v) is 3.28. The second kappa shape index (κ2) is 3.96. The summed E-state index contributed by atoms with van der Waals surface area (Å²) in [5, 5.41) is 3.09. The van der Waals surface area contributed by atoms with Crippen LogP contribution in [0.3, 0.4) is 0 Å². The van der Waals surface area contributed by atoms with Gasteiger partial charge in [0.1, 0.15) is 5.82 Å². The first-order valence-electron chi connectivity index (χ1n) is 4.63. The fourth-order valence-electron chi connectivity index (χ4n) is 1.32. The van der Waals surface area contributed by atoms with Crippen LogP contribution in [0.25, 0.3) is 0 Å². The molecule has 0 atom stereocenters. The first-order valence-corrected chi connectivity index (χ1v) is 4.63. The van der Waals surface area contributed by atoms with Crippen LogP contribution in [-0.2, 0) is 0 Å². The smallest absolute Gasteiger partial charge is 0.342 e. The summed E-state index contributed by atoms with van der Waals surface area (Å²) in [5.74, 6) is 0.639. The molecule has 0 radical (unpaired) electrons. The fourth-order valence-corrected chi connectivity index (χ4v) is 1.32. The molecule has 2 aromatic rings. The van der Waals surface area contributed by atoms with Crippen molar-refractivity contribution in [2.45, 2.75) is 6.92 Å². The van der Waals surface area contributed by atoms with E-state index in [2.05, 4.69) is 15.3 Å². The number of aromatic nitrogens is 2. The Morgan fingerprint density at radius 1 is 1.33 bits per heavy atom. The Morgan fingerprint density at radius 3 is 2.93 bits per heavy atom. The minimum absolute atomic E-state index is 0.354. The number of H-pyrrole nitrogens is 1. The van der Waals surface area contributed by atoms with Gasteiger partial charge in [-0.3, -0.25) is 4.98 Å². The molecule has 2 N–H and O–H groups in total. The fraction of sp³-hybridized carbons (Fsp3) is 0.0909. The second-order valence-electron chi connectivity index (χ2n) is 3.28. The van der Waals surface area contributed by atoms with Gasteiger partial charge in [0.2, 0.25) is 0 Å². The predicted molar refractivity (Wildman–Crippen MR) is 59.3 cm³/mol. The number of hydrogen-bond acceptors (Lipinski definition) is 3. The number of benzene rings is 1.